The fraction of sp³-hybridized carbons (Fsp3) is 0.190. The number of aromatic nitrogens is 2. The lowest BCUT2D eigenvalue weighted by Gasteiger charge is -2.15. The van der Waals surface area contributed by atoms with Gasteiger partial charge in [-0.3, -0.25) is 0 Å². The topological polar surface area (TPSA) is 47.3 Å². The first kappa shape index (κ1) is 15.7. The van der Waals surface area contributed by atoms with E-state index in [2.05, 4.69) is 17.1 Å². The Labute approximate surface area is 146 Å². The summed E-state index contributed by atoms with van der Waals surface area (Å²) in [7, 11) is 0. The number of aryl methyl sites for hydroxylation is 1. The summed E-state index contributed by atoms with van der Waals surface area (Å²) in [5, 5.41) is 12.7. The molecule has 0 aliphatic heterocycles. The third-order valence-corrected chi connectivity index (χ3v) is 4.40. The number of hydrogen-bond acceptors (Lipinski definition) is 3. The summed E-state index contributed by atoms with van der Waals surface area (Å²) in [6, 6.07) is 22.1. The second-order valence-corrected chi connectivity index (χ2v) is 6.23. The average Bonchev–Trinajstić information content (AvgIpc) is 2.95. The molecular formula is C21H20N2O2. The SMILES string of the molecule is Cc1nc2ccccc2n1CC(O)COc1ccc2ccccc2c1. The van der Waals surface area contributed by atoms with Crippen molar-refractivity contribution in [1.82, 2.24) is 9.55 Å². The fourth-order valence-electron chi connectivity index (χ4n) is 3.14. The predicted molar refractivity (Wildman–Crippen MR) is 99.9 cm³/mol. The number of ether oxygens (including phenoxy) is 1. The summed E-state index contributed by atoms with van der Waals surface area (Å²) < 4.78 is 7.82. The van der Waals surface area contributed by atoms with Crippen LogP contribution in [-0.4, -0.2) is 27.4 Å². The molecule has 0 aliphatic rings. The number of aliphatic hydroxyl groups is 1. The van der Waals surface area contributed by atoms with Crippen LogP contribution in [0.15, 0.2) is 66.7 Å². The zero-order valence-electron chi connectivity index (χ0n) is 14.1. The third-order valence-electron chi connectivity index (χ3n) is 4.40. The number of fused-ring (bicyclic) bond motifs is 2. The van der Waals surface area contributed by atoms with Gasteiger partial charge in [-0.1, -0.05) is 42.5 Å². The van der Waals surface area contributed by atoms with Gasteiger partial charge in [0, 0.05) is 0 Å². The number of benzene rings is 3. The summed E-state index contributed by atoms with van der Waals surface area (Å²) in [5.74, 6) is 1.66. The normalized spacial score (nSPS) is 12.6. The highest BCUT2D eigenvalue weighted by atomic mass is 16.5. The van der Waals surface area contributed by atoms with Gasteiger partial charge in [-0.15, -0.1) is 0 Å². The van der Waals surface area contributed by atoms with Crippen LogP contribution >= 0.6 is 0 Å². The fourth-order valence-corrected chi connectivity index (χ4v) is 3.14. The van der Waals surface area contributed by atoms with Crippen molar-refractivity contribution in [3.63, 3.8) is 0 Å². The van der Waals surface area contributed by atoms with Gasteiger partial charge in [0.2, 0.25) is 0 Å². The van der Waals surface area contributed by atoms with E-state index in [4.69, 9.17) is 4.74 Å². The average molecular weight is 332 g/mol. The van der Waals surface area contributed by atoms with Crippen LogP contribution in [0.1, 0.15) is 5.82 Å². The smallest absolute Gasteiger partial charge is 0.120 e. The molecule has 0 spiro atoms. The Bertz CT molecular complexity index is 1020. The molecule has 1 heterocycles. The zero-order chi connectivity index (χ0) is 17.2. The molecule has 0 saturated heterocycles. The molecule has 4 heteroatoms. The maximum absolute atomic E-state index is 10.4. The second kappa shape index (κ2) is 6.57. The van der Waals surface area contributed by atoms with Crippen molar-refractivity contribution in [2.45, 2.75) is 19.6 Å². The van der Waals surface area contributed by atoms with E-state index >= 15 is 0 Å². The van der Waals surface area contributed by atoms with Crippen molar-refractivity contribution < 1.29 is 9.84 Å². The first-order valence-corrected chi connectivity index (χ1v) is 8.42. The molecule has 4 rings (SSSR count). The van der Waals surface area contributed by atoms with Crippen LogP contribution in [0.4, 0.5) is 0 Å². The van der Waals surface area contributed by atoms with E-state index in [0.717, 1.165) is 28.0 Å². The number of hydrogen-bond donors (Lipinski definition) is 1. The van der Waals surface area contributed by atoms with Crippen LogP contribution in [0, 0.1) is 6.92 Å². The molecule has 1 unspecified atom stereocenters. The molecule has 0 bridgehead atoms. The standard InChI is InChI=1S/C21H20N2O2/c1-15-22-20-8-4-5-9-21(20)23(15)13-18(24)14-25-19-11-10-16-6-2-3-7-17(16)12-19/h2-12,18,24H,13-14H2,1H3. The number of aliphatic hydroxyl groups excluding tert-OH is 1. The summed E-state index contributed by atoms with van der Waals surface area (Å²) >= 11 is 0. The lowest BCUT2D eigenvalue weighted by atomic mass is 10.1. The predicted octanol–water partition coefficient (Wildman–Crippen LogP) is 3.94. The molecular weight excluding hydrogens is 312 g/mol. The minimum absolute atomic E-state index is 0.240. The van der Waals surface area contributed by atoms with Crippen LogP contribution in [-0.2, 0) is 6.54 Å². The Kier molecular flexibility index (Phi) is 4.12. The molecule has 1 aromatic heterocycles. The van der Waals surface area contributed by atoms with Crippen LogP contribution < -0.4 is 4.74 Å². The van der Waals surface area contributed by atoms with Gasteiger partial charge in [-0.25, -0.2) is 4.98 Å². The maximum atomic E-state index is 10.4. The van der Waals surface area contributed by atoms with E-state index in [1.165, 1.54) is 5.39 Å². The van der Waals surface area contributed by atoms with Crippen LogP contribution in [0.5, 0.6) is 5.75 Å². The Morgan fingerprint density at radius 1 is 1.00 bits per heavy atom. The summed E-state index contributed by atoms with van der Waals surface area (Å²) in [6.07, 6.45) is -0.609. The quantitative estimate of drug-likeness (QED) is 0.602. The largest absolute Gasteiger partial charge is 0.491 e. The second-order valence-electron chi connectivity index (χ2n) is 6.23. The Balaban J connectivity index is 1.46. The molecule has 0 radical (unpaired) electrons. The molecule has 1 N–H and O–H groups in total. The van der Waals surface area contributed by atoms with Gasteiger partial charge in [0.05, 0.1) is 17.6 Å². The Morgan fingerprint density at radius 3 is 2.64 bits per heavy atom. The van der Waals surface area contributed by atoms with Crippen molar-refractivity contribution in [2.75, 3.05) is 6.61 Å². The minimum atomic E-state index is -0.609. The first-order chi connectivity index (χ1) is 12.2. The number of para-hydroxylation sites is 2. The van der Waals surface area contributed by atoms with Crippen molar-refractivity contribution in [3.05, 3.63) is 72.6 Å². The van der Waals surface area contributed by atoms with E-state index in [-0.39, 0.29) is 6.61 Å². The van der Waals surface area contributed by atoms with Gasteiger partial charge in [-0.2, -0.15) is 0 Å². The van der Waals surface area contributed by atoms with Gasteiger partial charge in [0.15, 0.2) is 0 Å². The monoisotopic (exact) mass is 332 g/mol. The van der Waals surface area contributed by atoms with Gasteiger partial charge < -0.3 is 14.4 Å². The summed E-state index contributed by atoms with van der Waals surface area (Å²) in [4.78, 5) is 4.53. The highest BCUT2D eigenvalue weighted by Gasteiger charge is 2.12. The molecule has 4 aromatic rings. The molecule has 0 amide bonds. The van der Waals surface area contributed by atoms with Crippen molar-refractivity contribution >= 4 is 21.8 Å². The summed E-state index contributed by atoms with van der Waals surface area (Å²) in [5.41, 5.74) is 1.98. The van der Waals surface area contributed by atoms with Crippen LogP contribution in [0.25, 0.3) is 21.8 Å². The molecule has 0 fully saturated rings. The van der Waals surface area contributed by atoms with E-state index in [9.17, 15) is 5.11 Å². The van der Waals surface area contributed by atoms with E-state index in [0.29, 0.717) is 6.54 Å². The van der Waals surface area contributed by atoms with Gasteiger partial charge >= 0.3 is 0 Å². The number of rotatable bonds is 5. The molecule has 0 saturated carbocycles. The van der Waals surface area contributed by atoms with E-state index in [1.54, 1.807) is 0 Å². The molecule has 3 aromatic carbocycles. The highest BCUT2D eigenvalue weighted by Crippen LogP contribution is 2.21. The third kappa shape index (κ3) is 3.21. The minimum Gasteiger partial charge on any atom is -0.491 e. The van der Waals surface area contributed by atoms with Crippen molar-refractivity contribution in [1.29, 1.82) is 0 Å². The lowest BCUT2D eigenvalue weighted by molar-refractivity contribution is 0.0930. The first-order valence-electron chi connectivity index (χ1n) is 8.42. The number of imidazole rings is 1. The molecule has 0 aliphatic carbocycles. The number of nitrogens with zero attached hydrogens (tertiary/aromatic N) is 2. The van der Waals surface area contributed by atoms with Gasteiger partial charge in [-0.05, 0) is 42.0 Å². The van der Waals surface area contributed by atoms with Crippen LogP contribution in [0.2, 0.25) is 0 Å². The van der Waals surface area contributed by atoms with Crippen molar-refractivity contribution in [2.24, 2.45) is 0 Å². The molecule has 25 heavy (non-hydrogen) atoms. The maximum Gasteiger partial charge on any atom is 0.120 e. The summed E-state index contributed by atoms with van der Waals surface area (Å²) in [6.45, 7) is 2.65. The van der Waals surface area contributed by atoms with E-state index < -0.39 is 6.10 Å². The lowest BCUT2D eigenvalue weighted by Crippen LogP contribution is -2.24. The van der Waals surface area contributed by atoms with Gasteiger partial charge in [0.1, 0.15) is 24.3 Å². The zero-order valence-corrected chi connectivity index (χ0v) is 14.1. The Hall–Kier alpha value is -2.85. The van der Waals surface area contributed by atoms with Gasteiger partial charge in [0.25, 0.3) is 0 Å². The molecule has 4 nitrogen and oxygen atoms in total. The van der Waals surface area contributed by atoms with E-state index in [1.807, 2.05) is 66.1 Å². The molecule has 1 atom stereocenters. The highest BCUT2D eigenvalue weighted by molar-refractivity contribution is 5.83. The van der Waals surface area contributed by atoms with Crippen molar-refractivity contribution in [3.8, 4) is 5.75 Å². The Morgan fingerprint density at radius 2 is 1.76 bits per heavy atom. The molecule has 126 valence electrons. The van der Waals surface area contributed by atoms with Crippen LogP contribution in [0.3, 0.4) is 0 Å².